The molecule has 0 amide bonds. The van der Waals surface area contributed by atoms with Crippen LogP contribution in [0.15, 0.2) is 78.9 Å². The molecule has 0 heterocycles. The Hall–Kier alpha value is -1.08. The van der Waals surface area contributed by atoms with Crippen molar-refractivity contribution in [3.8, 4) is 0 Å². The zero-order valence-corrected chi connectivity index (χ0v) is 15.5. The highest BCUT2D eigenvalue weighted by Crippen LogP contribution is 2.34. The molecule has 0 saturated heterocycles. The van der Waals surface area contributed by atoms with Crippen LogP contribution in [0.4, 0.5) is 17.1 Å². The van der Waals surface area contributed by atoms with Crippen LogP contribution in [0.25, 0.3) is 0 Å². The molecule has 0 bridgehead atoms. The van der Waals surface area contributed by atoms with Crippen molar-refractivity contribution in [2.45, 2.75) is 0 Å². The average molecular weight is 497 g/mol. The highest BCUT2D eigenvalue weighted by molar-refractivity contribution is 14.1. The Labute approximate surface area is 152 Å². The Bertz CT molecular complexity index is 661. The molecule has 0 fully saturated rings. The molecule has 0 aliphatic rings. The second-order valence-corrected chi connectivity index (χ2v) is 7.12. The lowest BCUT2D eigenvalue weighted by atomic mass is 10.2. The summed E-state index contributed by atoms with van der Waals surface area (Å²) in [6.45, 7) is 0. The summed E-state index contributed by atoms with van der Waals surface area (Å²) in [5.41, 5.74) is 3.51. The van der Waals surface area contributed by atoms with E-state index in [1.807, 2.05) is 6.07 Å². The van der Waals surface area contributed by atoms with E-state index in [1.165, 1.54) is 24.2 Å². The summed E-state index contributed by atoms with van der Waals surface area (Å²) in [5.74, 6) is 0. The van der Waals surface area contributed by atoms with Gasteiger partial charge in [-0.05, 0) is 106 Å². The van der Waals surface area contributed by atoms with Crippen molar-refractivity contribution in [3.05, 3.63) is 86.0 Å². The van der Waals surface area contributed by atoms with Crippen LogP contribution in [0.5, 0.6) is 0 Å². The Morgan fingerprint density at radius 3 is 1.29 bits per heavy atom. The fourth-order valence-corrected chi connectivity index (χ4v) is 2.92. The molecule has 0 atom stereocenters. The van der Waals surface area contributed by atoms with Crippen LogP contribution < -0.4 is 4.90 Å². The number of hydrogen-bond donors (Lipinski definition) is 0. The predicted molar refractivity (Wildman–Crippen MR) is 107 cm³/mol. The van der Waals surface area contributed by atoms with Gasteiger partial charge in [0.2, 0.25) is 0 Å². The Morgan fingerprint density at radius 1 is 0.476 bits per heavy atom. The molecule has 3 rings (SSSR count). The molecule has 0 aliphatic heterocycles. The van der Waals surface area contributed by atoms with E-state index in [2.05, 4.69) is 123 Å². The molecule has 0 unspecified atom stereocenters. The zero-order valence-electron chi connectivity index (χ0n) is 11.2. The number of hydrogen-bond acceptors (Lipinski definition) is 1. The first-order valence-electron chi connectivity index (χ1n) is 6.60. The molecule has 0 radical (unpaired) electrons. The van der Waals surface area contributed by atoms with E-state index in [1.54, 1.807) is 0 Å². The lowest BCUT2D eigenvalue weighted by molar-refractivity contribution is 1.28. The zero-order chi connectivity index (χ0) is 14.7. The standard InChI is InChI=1S/C18H13I2N/c19-14-6-10-17(11-7-14)21(16-4-2-1-3-5-16)18-12-8-15(20)9-13-18/h1-13H. The lowest BCUT2D eigenvalue weighted by Crippen LogP contribution is -2.09. The van der Waals surface area contributed by atoms with Gasteiger partial charge in [0.15, 0.2) is 0 Å². The minimum atomic E-state index is 1.17. The van der Waals surface area contributed by atoms with Gasteiger partial charge in [-0.15, -0.1) is 0 Å². The van der Waals surface area contributed by atoms with E-state index in [-0.39, 0.29) is 0 Å². The van der Waals surface area contributed by atoms with Gasteiger partial charge in [-0.3, -0.25) is 0 Å². The van der Waals surface area contributed by atoms with Crippen LogP contribution in [-0.4, -0.2) is 0 Å². The monoisotopic (exact) mass is 497 g/mol. The second-order valence-electron chi connectivity index (χ2n) is 4.62. The maximum absolute atomic E-state index is 2.33. The second kappa shape index (κ2) is 6.79. The van der Waals surface area contributed by atoms with Crippen molar-refractivity contribution in [3.63, 3.8) is 0 Å². The fourth-order valence-electron chi connectivity index (χ4n) is 2.20. The summed E-state index contributed by atoms with van der Waals surface area (Å²) >= 11 is 4.67. The van der Waals surface area contributed by atoms with Crippen molar-refractivity contribution in [2.24, 2.45) is 0 Å². The van der Waals surface area contributed by atoms with Crippen LogP contribution in [0.1, 0.15) is 0 Å². The normalized spacial score (nSPS) is 10.4. The van der Waals surface area contributed by atoms with Crippen molar-refractivity contribution in [2.75, 3.05) is 4.90 Å². The van der Waals surface area contributed by atoms with Gasteiger partial charge >= 0.3 is 0 Å². The smallest absolute Gasteiger partial charge is 0.0462 e. The quantitative estimate of drug-likeness (QED) is 0.381. The van der Waals surface area contributed by atoms with Gasteiger partial charge in [-0.25, -0.2) is 0 Å². The summed E-state index contributed by atoms with van der Waals surface area (Å²) in [6, 6.07) is 27.6. The summed E-state index contributed by atoms with van der Waals surface area (Å²) in [7, 11) is 0. The molecule has 3 aromatic carbocycles. The van der Waals surface area contributed by atoms with Crippen LogP contribution in [0.2, 0.25) is 0 Å². The maximum atomic E-state index is 2.33. The van der Waals surface area contributed by atoms with Crippen LogP contribution in [0, 0.1) is 7.14 Å². The molecular formula is C18H13I2N. The minimum Gasteiger partial charge on any atom is -0.311 e. The van der Waals surface area contributed by atoms with E-state index < -0.39 is 0 Å². The third kappa shape index (κ3) is 3.58. The number of rotatable bonds is 3. The van der Waals surface area contributed by atoms with E-state index in [4.69, 9.17) is 0 Å². The Morgan fingerprint density at radius 2 is 0.857 bits per heavy atom. The number of para-hydroxylation sites is 1. The van der Waals surface area contributed by atoms with Gasteiger partial charge in [-0.1, -0.05) is 18.2 Å². The molecule has 0 N–H and O–H groups in total. The fraction of sp³-hybridized carbons (Fsp3) is 0. The van der Waals surface area contributed by atoms with Gasteiger partial charge in [-0.2, -0.15) is 0 Å². The molecule has 1 nitrogen and oxygen atoms in total. The number of halogens is 2. The van der Waals surface area contributed by atoms with E-state index in [9.17, 15) is 0 Å². The summed E-state index contributed by atoms with van der Waals surface area (Å²) in [5, 5.41) is 0. The Kier molecular flexibility index (Phi) is 4.80. The van der Waals surface area contributed by atoms with E-state index in [0.717, 1.165) is 0 Å². The third-order valence-electron chi connectivity index (χ3n) is 3.18. The van der Waals surface area contributed by atoms with Crippen LogP contribution in [-0.2, 0) is 0 Å². The van der Waals surface area contributed by atoms with Gasteiger partial charge in [0, 0.05) is 24.2 Å². The lowest BCUT2D eigenvalue weighted by Gasteiger charge is -2.25. The van der Waals surface area contributed by atoms with Crippen molar-refractivity contribution in [1.82, 2.24) is 0 Å². The predicted octanol–water partition coefficient (Wildman–Crippen LogP) is 6.37. The maximum Gasteiger partial charge on any atom is 0.0462 e. The van der Waals surface area contributed by atoms with E-state index >= 15 is 0 Å². The van der Waals surface area contributed by atoms with Gasteiger partial charge < -0.3 is 4.90 Å². The molecule has 21 heavy (non-hydrogen) atoms. The van der Waals surface area contributed by atoms with E-state index in [0.29, 0.717) is 0 Å². The first kappa shape index (κ1) is 14.8. The summed E-state index contributed by atoms with van der Waals surface area (Å²) < 4.78 is 2.49. The first-order valence-corrected chi connectivity index (χ1v) is 8.76. The molecule has 3 aromatic rings. The molecular weight excluding hydrogens is 484 g/mol. The van der Waals surface area contributed by atoms with Crippen molar-refractivity contribution < 1.29 is 0 Å². The largest absolute Gasteiger partial charge is 0.311 e. The SMILES string of the molecule is Ic1ccc(N(c2ccccc2)c2ccc(I)cc2)cc1. The summed E-state index contributed by atoms with van der Waals surface area (Å²) in [4.78, 5) is 2.27. The molecule has 3 heteroatoms. The van der Waals surface area contributed by atoms with Gasteiger partial charge in [0.25, 0.3) is 0 Å². The van der Waals surface area contributed by atoms with Crippen molar-refractivity contribution >= 4 is 62.2 Å². The topological polar surface area (TPSA) is 3.24 Å². The average Bonchev–Trinajstić information content (AvgIpc) is 2.52. The highest BCUT2D eigenvalue weighted by Gasteiger charge is 2.11. The molecule has 0 aliphatic carbocycles. The number of nitrogens with zero attached hydrogens (tertiary/aromatic N) is 1. The highest BCUT2D eigenvalue weighted by atomic mass is 127. The number of benzene rings is 3. The molecule has 104 valence electrons. The van der Waals surface area contributed by atoms with Crippen LogP contribution in [0.3, 0.4) is 0 Å². The summed E-state index contributed by atoms with van der Waals surface area (Å²) in [6.07, 6.45) is 0. The first-order chi connectivity index (χ1) is 10.2. The molecule has 0 spiro atoms. The van der Waals surface area contributed by atoms with Gasteiger partial charge in [0.1, 0.15) is 0 Å². The molecule has 0 saturated carbocycles. The third-order valence-corrected chi connectivity index (χ3v) is 4.62. The molecule has 0 aromatic heterocycles. The van der Waals surface area contributed by atoms with Gasteiger partial charge in [0.05, 0.1) is 0 Å². The van der Waals surface area contributed by atoms with Crippen molar-refractivity contribution in [1.29, 1.82) is 0 Å². The number of anilines is 3. The van der Waals surface area contributed by atoms with Crippen LogP contribution >= 0.6 is 45.2 Å². The Balaban J connectivity index is 2.11. The minimum absolute atomic E-state index is 1.17.